The molecule has 3 N–H and O–H groups in total. The summed E-state index contributed by atoms with van der Waals surface area (Å²) < 4.78 is 1.04. The Morgan fingerprint density at radius 2 is 2.15 bits per heavy atom. The molecule has 0 bridgehead atoms. The van der Waals surface area contributed by atoms with Gasteiger partial charge in [-0.05, 0) is 29.7 Å². The third-order valence-corrected chi connectivity index (χ3v) is 3.99. The first kappa shape index (κ1) is 14.8. The van der Waals surface area contributed by atoms with Gasteiger partial charge < -0.3 is 20.4 Å². The number of nitrogens with one attached hydrogen (secondary N) is 1. The van der Waals surface area contributed by atoms with Crippen molar-refractivity contribution >= 4 is 33.0 Å². The van der Waals surface area contributed by atoms with E-state index in [1.807, 2.05) is 24.3 Å². The van der Waals surface area contributed by atoms with Gasteiger partial charge in [-0.2, -0.15) is 0 Å². The van der Waals surface area contributed by atoms with Gasteiger partial charge in [0.15, 0.2) is 0 Å². The van der Waals surface area contributed by atoms with E-state index in [-0.39, 0.29) is 19.1 Å². The van der Waals surface area contributed by atoms with Crippen molar-refractivity contribution in [2.24, 2.45) is 0 Å². The number of rotatable bonds is 5. The molecule has 1 unspecified atom stereocenters. The third-order valence-electron chi connectivity index (χ3n) is 2.89. The van der Waals surface area contributed by atoms with Gasteiger partial charge in [-0.25, -0.2) is 0 Å². The summed E-state index contributed by atoms with van der Waals surface area (Å²) in [7, 11) is 3.46. The first-order chi connectivity index (χ1) is 9.51. The van der Waals surface area contributed by atoms with Crippen LogP contribution in [-0.2, 0) is 0 Å². The fourth-order valence-electron chi connectivity index (χ4n) is 1.78. The molecule has 0 aliphatic rings. The monoisotopic (exact) mass is 294 g/mol. The highest BCUT2D eigenvalue weighted by Crippen LogP contribution is 2.28. The number of carbonyl (C=O) groups excluding carboxylic acids is 1. The molecule has 2 aromatic rings. The number of hydrogen-bond donors (Lipinski definition) is 3. The Hall–Kier alpha value is -1.63. The third kappa shape index (κ3) is 3.27. The summed E-state index contributed by atoms with van der Waals surface area (Å²) in [6.07, 6.45) is -0.779. The summed E-state index contributed by atoms with van der Waals surface area (Å²) >= 11 is 1.46. The number of fused-ring (bicyclic) bond motifs is 1. The van der Waals surface area contributed by atoms with Gasteiger partial charge in [-0.1, -0.05) is 0 Å². The summed E-state index contributed by atoms with van der Waals surface area (Å²) in [5, 5.41) is 22.1. The highest BCUT2D eigenvalue weighted by Gasteiger charge is 2.12. The minimum Gasteiger partial charge on any atom is -0.394 e. The number of nitrogens with zero attached hydrogens (tertiary/aromatic N) is 1. The average molecular weight is 294 g/mol. The van der Waals surface area contributed by atoms with Gasteiger partial charge in [0.2, 0.25) is 0 Å². The zero-order valence-corrected chi connectivity index (χ0v) is 12.3. The molecule has 0 radical (unpaired) electrons. The van der Waals surface area contributed by atoms with Crippen LogP contribution in [0.4, 0.5) is 5.69 Å². The Balaban J connectivity index is 2.19. The smallest absolute Gasteiger partial charge is 0.263 e. The number of aliphatic hydroxyl groups excluding tert-OH is 2. The lowest BCUT2D eigenvalue weighted by Crippen LogP contribution is -2.22. The van der Waals surface area contributed by atoms with Crippen LogP contribution in [0.25, 0.3) is 10.1 Å². The number of thiophene rings is 1. The van der Waals surface area contributed by atoms with Crippen molar-refractivity contribution in [3.8, 4) is 0 Å². The lowest BCUT2D eigenvalue weighted by molar-refractivity contribution is 0.0832. The van der Waals surface area contributed by atoms with Crippen molar-refractivity contribution in [3.05, 3.63) is 29.1 Å². The molecule has 1 atom stereocenters. The zero-order chi connectivity index (χ0) is 14.7. The quantitative estimate of drug-likeness (QED) is 0.779. The van der Waals surface area contributed by atoms with Gasteiger partial charge in [0.25, 0.3) is 5.91 Å². The van der Waals surface area contributed by atoms with Crippen LogP contribution in [0.2, 0.25) is 0 Å². The van der Waals surface area contributed by atoms with E-state index in [0.29, 0.717) is 4.88 Å². The minimum absolute atomic E-state index is 0.00332. The normalized spacial score (nSPS) is 12.4. The Kier molecular flexibility index (Phi) is 4.59. The molecule has 0 aliphatic heterocycles. The van der Waals surface area contributed by atoms with Crippen molar-refractivity contribution in [2.45, 2.75) is 6.10 Å². The fraction of sp³-hybridized carbons (Fsp3) is 0.357. The molecule has 0 spiro atoms. The second-order valence-corrected chi connectivity index (χ2v) is 5.86. The Morgan fingerprint density at radius 1 is 1.40 bits per heavy atom. The molecule has 1 aromatic heterocycles. The minimum atomic E-state index is -0.779. The maximum absolute atomic E-state index is 11.9. The van der Waals surface area contributed by atoms with Gasteiger partial charge in [-0.15, -0.1) is 11.3 Å². The highest BCUT2D eigenvalue weighted by atomic mass is 32.1. The molecular formula is C14H18N2O3S. The SMILES string of the molecule is CN(C)C(=O)c1cc2cc(NCC(O)CO)ccc2s1. The van der Waals surface area contributed by atoms with Crippen LogP contribution in [0.3, 0.4) is 0 Å². The van der Waals surface area contributed by atoms with Gasteiger partial charge in [0.05, 0.1) is 17.6 Å². The van der Waals surface area contributed by atoms with Crippen molar-refractivity contribution in [1.29, 1.82) is 0 Å². The summed E-state index contributed by atoms with van der Waals surface area (Å²) in [5.41, 5.74) is 0.853. The number of hydrogen-bond acceptors (Lipinski definition) is 5. The van der Waals surface area contributed by atoms with Crippen LogP contribution in [-0.4, -0.2) is 54.4 Å². The molecule has 0 aliphatic carbocycles. The standard InChI is InChI=1S/C14H18N2O3S/c1-16(2)14(19)13-6-9-5-10(3-4-12(9)20-13)15-7-11(18)8-17/h3-6,11,15,17-18H,7-8H2,1-2H3. The Morgan fingerprint density at radius 3 is 2.80 bits per heavy atom. The summed E-state index contributed by atoms with van der Waals surface area (Å²) in [5.74, 6) is -0.00332. The first-order valence-electron chi connectivity index (χ1n) is 6.29. The highest BCUT2D eigenvalue weighted by molar-refractivity contribution is 7.20. The van der Waals surface area contributed by atoms with E-state index >= 15 is 0 Å². The number of carbonyl (C=O) groups is 1. The molecule has 20 heavy (non-hydrogen) atoms. The topological polar surface area (TPSA) is 72.8 Å². The van der Waals surface area contributed by atoms with E-state index < -0.39 is 6.10 Å². The Labute approximate surface area is 121 Å². The van der Waals surface area contributed by atoms with E-state index in [9.17, 15) is 9.90 Å². The first-order valence-corrected chi connectivity index (χ1v) is 7.11. The molecular weight excluding hydrogens is 276 g/mol. The molecule has 1 amide bonds. The molecule has 1 heterocycles. The van der Waals surface area contributed by atoms with Gasteiger partial charge in [0.1, 0.15) is 0 Å². The van der Waals surface area contributed by atoms with Crippen LogP contribution in [0.1, 0.15) is 9.67 Å². The summed E-state index contributed by atoms with van der Waals surface area (Å²) in [6, 6.07) is 7.64. The van der Waals surface area contributed by atoms with E-state index in [1.165, 1.54) is 11.3 Å². The second-order valence-electron chi connectivity index (χ2n) is 4.78. The van der Waals surface area contributed by atoms with Crippen molar-refractivity contribution in [1.82, 2.24) is 4.90 Å². The predicted molar refractivity (Wildman–Crippen MR) is 81.4 cm³/mol. The van der Waals surface area contributed by atoms with E-state index in [2.05, 4.69) is 5.32 Å². The molecule has 0 fully saturated rings. The molecule has 1 aromatic carbocycles. The Bertz CT molecular complexity index is 609. The summed E-state index contributed by atoms with van der Waals surface area (Å²) in [4.78, 5) is 14.2. The zero-order valence-electron chi connectivity index (χ0n) is 11.5. The molecule has 5 nitrogen and oxygen atoms in total. The maximum atomic E-state index is 11.9. The average Bonchev–Trinajstić information content (AvgIpc) is 2.86. The van der Waals surface area contributed by atoms with Crippen LogP contribution >= 0.6 is 11.3 Å². The van der Waals surface area contributed by atoms with Crippen LogP contribution in [0, 0.1) is 0 Å². The molecule has 6 heteroatoms. The van der Waals surface area contributed by atoms with Gasteiger partial charge in [-0.3, -0.25) is 4.79 Å². The number of amides is 1. The molecule has 108 valence electrons. The molecule has 0 saturated carbocycles. The number of anilines is 1. The lowest BCUT2D eigenvalue weighted by atomic mass is 10.2. The van der Waals surface area contributed by atoms with E-state index in [1.54, 1.807) is 19.0 Å². The van der Waals surface area contributed by atoms with Crippen molar-refractivity contribution < 1.29 is 15.0 Å². The van der Waals surface area contributed by atoms with Gasteiger partial charge >= 0.3 is 0 Å². The lowest BCUT2D eigenvalue weighted by Gasteiger charge is -2.09. The molecule has 0 saturated heterocycles. The van der Waals surface area contributed by atoms with Crippen molar-refractivity contribution in [2.75, 3.05) is 32.6 Å². The van der Waals surface area contributed by atoms with Crippen LogP contribution < -0.4 is 5.32 Å². The fourth-order valence-corrected chi connectivity index (χ4v) is 2.84. The van der Waals surface area contributed by atoms with Crippen molar-refractivity contribution in [3.63, 3.8) is 0 Å². The largest absolute Gasteiger partial charge is 0.394 e. The number of benzene rings is 1. The maximum Gasteiger partial charge on any atom is 0.263 e. The second kappa shape index (κ2) is 6.21. The summed E-state index contributed by atoms with van der Waals surface area (Å²) in [6.45, 7) is 0.0187. The molecule has 2 rings (SSSR count). The predicted octanol–water partition coefficient (Wildman–Crippen LogP) is 1.37. The van der Waals surface area contributed by atoms with Crippen LogP contribution in [0.5, 0.6) is 0 Å². The number of aliphatic hydroxyl groups is 2. The van der Waals surface area contributed by atoms with Gasteiger partial charge in [0, 0.05) is 31.0 Å². The van der Waals surface area contributed by atoms with Crippen LogP contribution in [0.15, 0.2) is 24.3 Å². The van der Waals surface area contributed by atoms with E-state index in [4.69, 9.17) is 5.11 Å². The van der Waals surface area contributed by atoms with E-state index in [0.717, 1.165) is 15.8 Å².